The van der Waals surface area contributed by atoms with Crippen LogP contribution in [-0.4, -0.2) is 134 Å². The Labute approximate surface area is 450 Å². The molecule has 0 N–H and O–H groups in total. The van der Waals surface area contributed by atoms with Gasteiger partial charge in [0.2, 0.25) is 0 Å². The van der Waals surface area contributed by atoms with Crippen molar-refractivity contribution >= 4 is 76.9 Å². The van der Waals surface area contributed by atoms with Gasteiger partial charge in [0.15, 0.2) is 13.7 Å². The molecule has 0 aromatic carbocycles. The maximum absolute atomic E-state index is 13.1. The number of hydrogen-bond donors (Lipinski definition) is 0. The summed E-state index contributed by atoms with van der Waals surface area (Å²) in [5.41, 5.74) is -37.5. The second-order valence-corrected chi connectivity index (χ2v) is 30.8. The molecule has 42 heteroatoms. The first-order chi connectivity index (χ1) is 36.2. The number of ether oxygens (including phenoxy) is 3. The van der Waals surface area contributed by atoms with Crippen molar-refractivity contribution in [2.45, 2.75) is 161 Å². The van der Waals surface area contributed by atoms with Gasteiger partial charge in [-0.15, -0.1) is 0 Å². The van der Waals surface area contributed by atoms with E-state index in [1.807, 2.05) is 0 Å². The van der Waals surface area contributed by atoms with Gasteiger partial charge in [-0.2, -0.15) is 79.0 Å². The minimum absolute atomic E-state index is 0.0376. The first-order valence-electron chi connectivity index (χ1n) is 22.5. The summed E-state index contributed by atoms with van der Waals surface area (Å²) in [7, 11) is -40.8. The van der Waals surface area contributed by atoms with E-state index in [0.29, 0.717) is 31.1 Å². The zero-order valence-corrected chi connectivity index (χ0v) is 45.7. The Bertz CT molecular complexity index is 2800. The van der Waals surface area contributed by atoms with E-state index in [1.165, 1.54) is 0 Å². The van der Waals surface area contributed by atoms with E-state index in [-0.39, 0.29) is 64.2 Å². The van der Waals surface area contributed by atoms with E-state index >= 15 is 0 Å². The van der Waals surface area contributed by atoms with Gasteiger partial charge in [0.25, 0.3) is 59.0 Å². The molecule has 3 aliphatic rings. The van der Waals surface area contributed by atoms with Crippen molar-refractivity contribution < 1.29 is 158 Å². The molecule has 474 valence electrons. The van der Waals surface area contributed by atoms with Crippen LogP contribution in [0.15, 0.2) is 38.0 Å². The highest BCUT2D eigenvalue weighted by molar-refractivity contribution is 8.10. The smallest absolute Gasteiger partial charge is 0.459 e. The predicted octanol–water partition coefficient (Wildman–Crippen LogP) is 8.58. The third-order valence-corrected chi connectivity index (χ3v) is 26.3. The molecule has 3 rings (SSSR count). The van der Waals surface area contributed by atoms with Gasteiger partial charge in [-0.05, 0) is 57.8 Å². The molecule has 0 amide bonds. The second-order valence-electron chi connectivity index (χ2n) is 17.5. The third kappa shape index (κ3) is 18.0. The summed E-state index contributed by atoms with van der Waals surface area (Å²) < 4.78 is 377. The average Bonchev–Trinajstić information content (AvgIpc) is 3.51. The van der Waals surface area contributed by atoms with Gasteiger partial charge >= 0.3 is 51.0 Å². The van der Waals surface area contributed by atoms with Gasteiger partial charge in [0, 0.05) is 36.0 Å². The Morgan fingerprint density at radius 1 is 0.309 bits per heavy atom. The number of esters is 3. The Kier molecular flexibility index (Phi) is 25.4. The molecule has 3 aliphatic carbocycles. The van der Waals surface area contributed by atoms with Crippen LogP contribution < -0.4 is 0 Å². The fraction of sp³-hybridized carbons (Fsp3) is 0.769. The molecule has 3 saturated carbocycles. The summed E-state index contributed by atoms with van der Waals surface area (Å²) in [6, 6.07) is 0. The Morgan fingerprint density at radius 2 is 0.457 bits per heavy atom. The molecule has 0 aromatic heterocycles. The third-order valence-electron chi connectivity index (χ3n) is 12.1. The summed E-state index contributed by atoms with van der Waals surface area (Å²) in [5.74, 6) is -10.4. The lowest BCUT2D eigenvalue weighted by atomic mass is 9.87. The summed E-state index contributed by atoms with van der Waals surface area (Å²) in [5, 5.41) is 0. The lowest BCUT2D eigenvalue weighted by Crippen LogP contribution is -2.53. The van der Waals surface area contributed by atoms with E-state index < -0.39 is 179 Å². The Balaban J connectivity index is 0.000000608. The molecule has 0 saturated heterocycles. The number of sulfone groups is 6. The molecule has 0 heterocycles. The molecule has 0 radical (unpaired) electrons. The van der Waals surface area contributed by atoms with Gasteiger partial charge < -0.3 is 14.2 Å². The van der Waals surface area contributed by atoms with Crippen LogP contribution in [0.25, 0.3) is 0 Å². The van der Waals surface area contributed by atoms with Gasteiger partial charge in [-0.3, -0.25) is 0 Å². The summed E-state index contributed by atoms with van der Waals surface area (Å²) >= 11 is 0. The standard InChI is InChI=1S/C14H18F6O6S2.C13H16F6O6S2.C12H14F6O6S2/c1-2-11(21)26-10-8-6-4-3-5-7-9(10)12(27(22,23)13(15,16)17)28(24,25)14(18,19)20;1-2-10(20)25-9-7-5-3-4-6-8(9)11(26(21,22)12(14,15)16)27(23,24)13(17,18)19;1-2-9(19)24-8-6-4-3-5-7(8)10(25(20,21)11(13,14)15)26(22,23)12(16,17)18/h2,9-10,12H,1,3-8H2;2,8-9,11H,1,3-7H2;2,7-8,10H,1,3-6H2. The monoisotopic (exact) mass is 1340 g/mol. The summed E-state index contributed by atoms with van der Waals surface area (Å²) in [6.07, 6.45) is -4.72. The molecular formula is C39H48F18O18S6. The van der Waals surface area contributed by atoms with Gasteiger partial charge in [0.05, 0.1) is 0 Å². The van der Waals surface area contributed by atoms with Crippen molar-refractivity contribution in [3.05, 3.63) is 38.0 Å². The van der Waals surface area contributed by atoms with Gasteiger partial charge in [-0.25, -0.2) is 64.9 Å². The average molecular weight is 1340 g/mol. The topological polar surface area (TPSA) is 284 Å². The summed E-state index contributed by atoms with van der Waals surface area (Å²) in [6.45, 7) is 9.07. The zero-order chi connectivity index (χ0) is 63.8. The molecule has 0 bridgehead atoms. The molecule has 0 aliphatic heterocycles. The van der Waals surface area contributed by atoms with Crippen LogP contribution in [-0.2, 0) is 87.6 Å². The fourth-order valence-corrected chi connectivity index (χ4v) is 20.7. The second kappa shape index (κ2) is 27.4. The minimum Gasteiger partial charge on any atom is -0.459 e. The van der Waals surface area contributed by atoms with E-state index in [4.69, 9.17) is 9.47 Å². The largest absolute Gasteiger partial charge is 0.498 e. The van der Waals surface area contributed by atoms with E-state index in [0.717, 1.165) is 0 Å². The van der Waals surface area contributed by atoms with Crippen molar-refractivity contribution in [3.8, 4) is 0 Å². The fourth-order valence-electron chi connectivity index (χ4n) is 8.54. The quantitative estimate of drug-likeness (QED) is 0.0487. The van der Waals surface area contributed by atoms with Crippen LogP contribution in [0, 0.1) is 17.8 Å². The van der Waals surface area contributed by atoms with Gasteiger partial charge in [0.1, 0.15) is 18.3 Å². The lowest BCUT2D eigenvalue weighted by Gasteiger charge is -2.35. The number of carbonyl (C=O) groups is 3. The van der Waals surface area contributed by atoms with Crippen LogP contribution in [0.5, 0.6) is 0 Å². The van der Waals surface area contributed by atoms with Crippen molar-refractivity contribution in [1.29, 1.82) is 0 Å². The zero-order valence-electron chi connectivity index (χ0n) is 40.8. The highest BCUT2D eigenvalue weighted by Gasteiger charge is 2.69. The van der Waals surface area contributed by atoms with E-state index in [2.05, 4.69) is 24.5 Å². The Hall–Kier alpha value is -3.93. The molecule has 18 nitrogen and oxygen atoms in total. The highest BCUT2D eigenvalue weighted by atomic mass is 32.3. The molecule has 3 fully saturated rings. The van der Waals surface area contributed by atoms with Crippen LogP contribution in [0.3, 0.4) is 0 Å². The van der Waals surface area contributed by atoms with Crippen molar-refractivity contribution in [2.24, 2.45) is 17.8 Å². The first kappa shape index (κ1) is 75.1. The van der Waals surface area contributed by atoms with Crippen molar-refractivity contribution in [1.82, 2.24) is 0 Å². The number of alkyl halides is 18. The molecule has 6 atom stereocenters. The predicted molar refractivity (Wildman–Crippen MR) is 241 cm³/mol. The van der Waals surface area contributed by atoms with Crippen molar-refractivity contribution in [2.75, 3.05) is 0 Å². The van der Waals surface area contributed by atoms with E-state index in [9.17, 15) is 144 Å². The summed E-state index contributed by atoms with van der Waals surface area (Å²) in [4.78, 5) is 34.1. The number of carbonyl (C=O) groups excluding carboxylic acids is 3. The van der Waals surface area contributed by atoms with Crippen LogP contribution in [0.4, 0.5) is 79.0 Å². The number of halogens is 18. The van der Waals surface area contributed by atoms with Gasteiger partial charge in [-0.1, -0.05) is 58.3 Å². The Morgan fingerprint density at radius 3 is 0.630 bits per heavy atom. The molecule has 6 unspecified atom stereocenters. The molecule has 0 spiro atoms. The number of rotatable bonds is 15. The first-order valence-corrected chi connectivity index (χ1v) is 31.8. The molecule has 81 heavy (non-hydrogen) atoms. The van der Waals surface area contributed by atoms with Crippen LogP contribution in [0.2, 0.25) is 0 Å². The van der Waals surface area contributed by atoms with Crippen LogP contribution >= 0.6 is 0 Å². The molecular weight excluding hydrogens is 1290 g/mol. The van der Waals surface area contributed by atoms with Crippen LogP contribution in [0.1, 0.15) is 96.3 Å². The number of hydrogen-bond acceptors (Lipinski definition) is 18. The van der Waals surface area contributed by atoms with Crippen molar-refractivity contribution in [3.63, 3.8) is 0 Å². The maximum Gasteiger partial charge on any atom is 0.498 e. The highest BCUT2D eigenvalue weighted by Crippen LogP contribution is 2.47. The maximum atomic E-state index is 13.1. The minimum atomic E-state index is -6.81. The normalized spacial score (nSPS) is 22.9. The van der Waals surface area contributed by atoms with E-state index in [1.54, 1.807) is 0 Å². The molecule has 0 aromatic rings. The SMILES string of the molecule is C=CC(=O)OC1CCCCC1C(S(=O)(=O)C(F)(F)F)S(=O)(=O)C(F)(F)F.C=CC(=O)OC1CCCCCC1C(S(=O)(=O)C(F)(F)F)S(=O)(=O)C(F)(F)F.C=CC(=O)OC1CCCCCCC1C(S(=O)(=O)C(F)(F)F)S(=O)(=O)C(F)(F)F. The lowest BCUT2D eigenvalue weighted by molar-refractivity contribution is -0.147.